The molecule has 0 spiro atoms. The number of H-pyrrole nitrogens is 1. The summed E-state index contributed by atoms with van der Waals surface area (Å²) in [6, 6.07) is 5.24. The first-order valence-corrected chi connectivity index (χ1v) is 12.8. The van der Waals surface area contributed by atoms with Crippen LogP contribution in [-0.2, 0) is 11.2 Å². The van der Waals surface area contributed by atoms with Crippen molar-refractivity contribution >= 4 is 34.6 Å². The number of carbonyl (C=O) groups excluding carboxylic acids is 1. The van der Waals surface area contributed by atoms with E-state index in [4.69, 9.17) is 0 Å². The highest BCUT2D eigenvalue weighted by Crippen LogP contribution is 2.56. The van der Waals surface area contributed by atoms with Crippen molar-refractivity contribution < 1.29 is 24.6 Å². The summed E-state index contributed by atoms with van der Waals surface area (Å²) >= 11 is 0. The van der Waals surface area contributed by atoms with E-state index in [1.807, 2.05) is 6.07 Å². The molecule has 2 heterocycles. The van der Waals surface area contributed by atoms with Crippen LogP contribution in [0, 0.1) is 10.8 Å². The molecule has 10 nitrogen and oxygen atoms in total. The highest BCUT2D eigenvalue weighted by Gasteiger charge is 2.52. The summed E-state index contributed by atoms with van der Waals surface area (Å²) in [4.78, 5) is 48.0. The van der Waals surface area contributed by atoms with Crippen LogP contribution in [0.5, 0.6) is 0 Å². The quantitative estimate of drug-likeness (QED) is 0.325. The molecule has 192 valence electrons. The molecule has 0 radical (unpaired) electrons. The minimum absolute atomic E-state index is 0.0127. The summed E-state index contributed by atoms with van der Waals surface area (Å²) in [5, 5.41) is 25.5. The van der Waals surface area contributed by atoms with Crippen LogP contribution >= 0.6 is 0 Å². The number of fused-ring (bicyclic) bond motifs is 5. The fourth-order valence-corrected chi connectivity index (χ4v) is 6.51. The second-order valence-electron chi connectivity index (χ2n) is 10.9. The van der Waals surface area contributed by atoms with Crippen LogP contribution in [-0.4, -0.2) is 49.6 Å². The minimum atomic E-state index is -0.932. The lowest BCUT2D eigenvalue weighted by Gasteiger charge is -2.51. The molecule has 0 aliphatic heterocycles. The van der Waals surface area contributed by atoms with Crippen LogP contribution in [0.15, 0.2) is 30.7 Å². The molecule has 1 aromatic carbocycles. The number of aliphatic carboxylic acids is 1. The summed E-state index contributed by atoms with van der Waals surface area (Å²) in [5.41, 5.74) is 3.97. The van der Waals surface area contributed by atoms with Crippen molar-refractivity contribution in [1.29, 1.82) is 0 Å². The number of carboxylic acids is 2. The average molecular weight is 504 g/mol. The first-order valence-electron chi connectivity index (χ1n) is 12.8. The zero-order chi connectivity index (χ0) is 25.8. The van der Waals surface area contributed by atoms with Crippen LogP contribution in [0.4, 0.5) is 5.69 Å². The number of anilines is 1. The Labute approximate surface area is 212 Å². The van der Waals surface area contributed by atoms with Crippen LogP contribution in [0.3, 0.4) is 0 Å². The van der Waals surface area contributed by atoms with Gasteiger partial charge in [-0.15, -0.1) is 0 Å². The first-order chi connectivity index (χ1) is 17.8. The number of nitrogens with zero attached hydrogens (tertiary/aromatic N) is 2. The Bertz CT molecular complexity index is 1410. The zero-order valence-electron chi connectivity index (χ0n) is 20.3. The summed E-state index contributed by atoms with van der Waals surface area (Å²) in [7, 11) is 0. The maximum Gasteiger partial charge on any atom is 0.335 e. The van der Waals surface area contributed by atoms with Crippen molar-refractivity contribution in [1.82, 2.24) is 20.3 Å². The normalized spacial score (nSPS) is 26.1. The molecule has 2 aromatic heterocycles. The Balaban J connectivity index is 1.16. The number of amides is 1. The lowest BCUT2D eigenvalue weighted by Crippen LogP contribution is -2.50. The van der Waals surface area contributed by atoms with Crippen molar-refractivity contribution in [2.45, 2.75) is 57.4 Å². The first kappa shape index (κ1) is 23.4. The van der Waals surface area contributed by atoms with E-state index in [0.717, 1.165) is 48.9 Å². The molecule has 1 amide bonds. The van der Waals surface area contributed by atoms with Crippen LogP contribution < -0.4 is 10.6 Å². The number of carboxylic acid groups (broad SMARTS) is 2. The van der Waals surface area contributed by atoms with Gasteiger partial charge in [-0.05, 0) is 80.0 Å². The van der Waals surface area contributed by atoms with Gasteiger partial charge in [-0.25, -0.2) is 14.8 Å². The highest BCUT2D eigenvalue weighted by atomic mass is 16.4. The van der Waals surface area contributed by atoms with Crippen molar-refractivity contribution in [2.24, 2.45) is 10.8 Å². The third-order valence-electron chi connectivity index (χ3n) is 8.96. The molecule has 0 saturated heterocycles. The number of rotatable bonds is 7. The number of nitrogens with one attached hydrogen (secondary N) is 3. The SMILES string of the molecule is O=C(O)c1ccc2c(c1)CCC2Nc1c[nH]c2c(C(=O)NCC34CCC(C(=O)O)(CC3)CC4)ncnc12. The predicted octanol–water partition coefficient (Wildman–Crippen LogP) is 3.91. The number of aryl methyl sites for hydroxylation is 1. The third-order valence-corrected chi connectivity index (χ3v) is 8.96. The number of carbonyl (C=O) groups is 3. The summed E-state index contributed by atoms with van der Waals surface area (Å²) in [6.07, 6.45) is 9.23. The van der Waals surface area contributed by atoms with Gasteiger partial charge < -0.3 is 25.8 Å². The van der Waals surface area contributed by atoms with Crippen LogP contribution in [0.2, 0.25) is 0 Å². The van der Waals surface area contributed by atoms with E-state index in [0.29, 0.717) is 36.8 Å². The molecular weight excluding hydrogens is 474 g/mol. The number of aromatic nitrogens is 3. The molecule has 4 aliphatic carbocycles. The van der Waals surface area contributed by atoms with E-state index in [2.05, 4.69) is 25.6 Å². The molecular formula is C27H29N5O5. The monoisotopic (exact) mass is 503 g/mol. The van der Waals surface area contributed by atoms with Gasteiger partial charge in [0.05, 0.1) is 28.2 Å². The van der Waals surface area contributed by atoms with Crippen molar-refractivity contribution in [3.8, 4) is 0 Å². The van der Waals surface area contributed by atoms with Gasteiger partial charge in [0.2, 0.25) is 0 Å². The Hall–Kier alpha value is -3.95. The molecule has 37 heavy (non-hydrogen) atoms. The standard InChI is InChI=1S/C27H29N5O5/c33-23(29-13-26-5-8-27(9-6-26,10-7-26)25(36)37)22-21-20(30-14-31-22)19(12-28-21)32-18-4-2-15-11-16(24(34)35)1-3-17(15)18/h1,3,11-12,14,18,28,32H,2,4-10,13H2,(H,29,33)(H,34,35)(H,36,37). The van der Waals surface area contributed by atoms with Crippen molar-refractivity contribution in [3.63, 3.8) is 0 Å². The number of aromatic carboxylic acids is 1. The number of aromatic amines is 1. The van der Waals surface area contributed by atoms with Crippen LogP contribution in [0.25, 0.3) is 11.0 Å². The fourth-order valence-electron chi connectivity index (χ4n) is 6.51. The van der Waals surface area contributed by atoms with Gasteiger partial charge in [-0.3, -0.25) is 9.59 Å². The molecule has 2 bridgehead atoms. The number of benzene rings is 1. The van der Waals surface area contributed by atoms with E-state index in [9.17, 15) is 24.6 Å². The molecule has 3 saturated carbocycles. The number of hydrogen-bond donors (Lipinski definition) is 5. The Kier molecular flexibility index (Phi) is 5.43. The van der Waals surface area contributed by atoms with Gasteiger partial charge in [0.15, 0.2) is 5.69 Å². The maximum atomic E-state index is 13.2. The van der Waals surface area contributed by atoms with Gasteiger partial charge in [-0.2, -0.15) is 0 Å². The van der Waals surface area contributed by atoms with Crippen LogP contribution in [0.1, 0.15) is 83.0 Å². The molecule has 4 aliphatic rings. The lowest BCUT2D eigenvalue weighted by atomic mass is 9.53. The fraction of sp³-hybridized carbons (Fsp3) is 0.444. The Morgan fingerprint density at radius 3 is 2.51 bits per heavy atom. The smallest absolute Gasteiger partial charge is 0.335 e. The molecule has 3 fully saturated rings. The van der Waals surface area contributed by atoms with E-state index >= 15 is 0 Å². The molecule has 3 aromatic rings. The molecule has 1 atom stereocenters. The Morgan fingerprint density at radius 2 is 1.81 bits per heavy atom. The van der Waals surface area contributed by atoms with Crippen molar-refractivity contribution in [2.75, 3.05) is 11.9 Å². The summed E-state index contributed by atoms with van der Waals surface area (Å²) in [5.74, 6) is -1.89. The minimum Gasteiger partial charge on any atom is -0.481 e. The second kappa shape index (κ2) is 8.57. The topological polar surface area (TPSA) is 157 Å². The van der Waals surface area contributed by atoms with Gasteiger partial charge in [0.1, 0.15) is 11.8 Å². The molecule has 7 rings (SSSR count). The summed E-state index contributed by atoms with van der Waals surface area (Å²) in [6.45, 7) is 0.510. The molecule has 1 unspecified atom stereocenters. The summed E-state index contributed by atoms with van der Waals surface area (Å²) < 4.78 is 0. The van der Waals surface area contributed by atoms with Gasteiger partial charge in [0.25, 0.3) is 5.91 Å². The average Bonchev–Trinajstić information content (AvgIpc) is 3.52. The van der Waals surface area contributed by atoms with E-state index in [1.54, 1.807) is 18.3 Å². The Morgan fingerprint density at radius 1 is 1.05 bits per heavy atom. The number of hydrogen-bond acceptors (Lipinski definition) is 6. The molecule has 10 heteroatoms. The third kappa shape index (κ3) is 3.91. The van der Waals surface area contributed by atoms with Gasteiger partial charge in [0, 0.05) is 12.7 Å². The molecule has 5 N–H and O–H groups in total. The van der Waals surface area contributed by atoms with Gasteiger partial charge in [-0.1, -0.05) is 6.07 Å². The van der Waals surface area contributed by atoms with E-state index < -0.39 is 17.4 Å². The maximum absolute atomic E-state index is 13.2. The lowest BCUT2D eigenvalue weighted by molar-refractivity contribution is -0.158. The van der Waals surface area contributed by atoms with E-state index in [-0.39, 0.29) is 28.6 Å². The zero-order valence-corrected chi connectivity index (χ0v) is 20.3. The highest BCUT2D eigenvalue weighted by molar-refractivity contribution is 6.05. The predicted molar refractivity (Wildman–Crippen MR) is 135 cm³/mol. The second-order valence-corrected chi connectivity index (χ2v) is 10.9. The van der Waals surface area contributed by atoms with Gasteiger partial charge >= 0.3 is 11.9 Å². The van der Waals surface area contributed by atoms with E-state index in [1.165, 1.54) is 6.33 Å². The van der Waals surface area contributed by atoms with Crippen molar-refractivity contribution in [3.05, 3.63) is 53.1 Å². The largest absolute Gasteiger partial charge is 0.481 e.